The second kappa shape index (κ2) is 5.74. The second-order valence-electron chi connectivity index (χ2n) is 2.51. The van der Waals surface area contributed by atoms with Crippen molar-refractivity contribution in [3.8, 4) is 0 Å². The Hall–Kier alpha value is 0.950. The molecule has 6 nitrogen and oxygen atoms in total. The van der Waals surface area contributed by atoms with Crippen LogP contribution in [-0.4, -0.2) is 54.4 Å². The Morgan fingerprint density at radius 3 is 2.31 bits per heavy atom. The van der Waals surface area contributed by atoms with Gasteiger partial charge >= 0.3 is 29.6 Å². The molecule has 1 aliphatic rings. The predicted octanol–water partition coefficient (Wildman–Crippen LogP) is -5.69. The van der Waals surface area contributed by atoms with Crippen LogP contribution in [-0.2, 0) is 15.8 Å². The summed E-state index contributed by atoms with van der Waals surface area (Å²) >= 11 is -2.61. The van der Waals surface area contributed by atoms with E-state index in [4.69, 9.17) is 15.3 Å². The monoisotopic (exact) mass is 220 g/mol. The summed E-state index contributed by atoms with van der Waals surface area (Å²) in [5.41, 5.74) is -1.46. The first kappa shape index (κ1) is 13.9. The van der Waals surface area contributed by atoms with Crippen molar-refractivity contribution in [1.82, 2.24) is 0 Å². The van der Waals surface area contributed by atoms with E-state index in [2.05, 4.69) is 4.74 Å². The van der Waals surface area contributed by atoms with Gasteiger partial charge in [0.2, 0.25) is 0 Å². The third-order valence-corrected chi connectivity index (χ3v) is 2.44. The van der Waals surface area contributed by atoms with Gasteiger partial charge in [-0.3, -0.25) is 4.21 Å². The molecule has 72 valence electrons. The minimum absolute atomic E-state index is 0. The van der Waals surface area contributed by atoms with Gasteiger partial charge in [-0.25, -0.2) is 0 Å². The molecular weight excluding hydrogens is 211 g/mol. The fourth-order valence-electron chi connectivity index (χ4n) is 0.949. The van der Waals surface area contributed by atoms with Crippen LogP contribution in [0.1, 0.15) is 0 Å². The number of rotatable bonds is 1. The van der Waals surface area contributed by atoms with Crippen LogP contribution >= 0.6 is 0 Å². The van der Waals surface area contributed by atoms with E-state index in [1.165, 1.54) is 0 Å². The smallest absolute Gasteiger partial charge is 0.770 e. The van der Waals surface area contributed by atoms with E-state index in [0.29, 0.717) is 0 Å². The molecule has 8 heteroatoms. The van der Waals surface area contributed by atoms with Gasteiger partial charge in [-0.1, -0.05) is 0 Å². The fourth-order valence-corrected chi connectivity index (χ4v) is 1.53. The molecular formula is C5H9NaO6S. The van der Waals surface area contributed by atoms with Gasteiger partial charge in [-0.05, 0) is 11.1 Å². The molecule has 1 fully saturated rings. The van der Waals surface area contributed by atoms with Crippen LogP contribution in [0.15, 0.2) is 0 Å². The second-order valence-corrected chi connectivity index (χ2v) is 3.50. The molecule has 13 heavy (non-hydrogen) atoms. The van der Waals surface area contributed by atoms with Gasteiger partial charge in [0.1, 0.15) is 23.7 Å². The van der Waals surface area contributed by atoms with Crippen molar-refractivity contribution in [2.75, 3.05) is 6.61 Å². The maximum absolute atomic E-state index is 10.3. The Morgan fingerprint density at radius 2 is 1.85 bits per heavy atom. The van der Waals surface area contributed by atoms with Crippen LogP contribution in [0.4, 0.5) is 0 Å². The summed E-state index contributed by atoms with van der Waals surface area (Å²) in [7, 11) is 0. The van der Waals surface area contributed by atoms with Crippen molar-refractivity contribution < 1.29 is 58.4 Å². The molecule has 0 spiro atoms. The quantitative estimate of drug-likeness (QED) is 0.300. The van der Waals surface area contributed by atoms with Crippen molar-refractivity contribution >= 4 is 11.1 Å². The summed E-state index contributed by atoms with van der Waals surface area (Å²) in [6, 6.07) is 0. The SMILES string of the molecule is O=S([O-])C1OC[C@@H](O)[C@@H](O)[C@@H]1O.[Na+]. The van der Waals surface area contributed by atoms with Crippen LogP contribution in [0.5, 0.6) is 0 Å². The first-order valence-electron chi connectivity index (χ1n) is 3.28. The van der Waals surface area contributed by atoms with Crippen molar-refractivity contribution in [3.05, 3.63) is 0 Å². The van der Waals surface area contributed by atoms with E-state index in [1.54, 1.807) is 0 Å². The van der Waals surface area contributed by atoms with E-state index in [1.807, 2.05) is 0 Å². The largest absolute Gasteiger partial charge is 1.00 e. The minimum Gasteiger partial charge on any atom is -0.770 e. The van der Waals surface area contributed by atoms with Crippen LogP contribution in [0.2, 0.25) is 0 Å². The fraction of sp³-hybridized carbons (Fsp3) is 1.00. The molecule has 0 aliphatic carbocycles. The Morgan fingerprint density at radius 1 is 1.31 bits per heavy atom. The van der Waals surface area contributed by atoms with Gasteiger partial charge in [0, 0.05) is 0 Å². The standard InChI is InChI=1S/C5H10O6S.Na/c6-2-1-11-5(12(9)10)4(8)3(2)7;/h2-8H,1H2,(H,9,10);/q;+1/p-1/t2-,3-,4+,5?;/m1./s1. The van der Waals surface area contributed by atoms with Crippen LogP contribution in [0.3, 0.4) is 0 Å². The van der Waals surface area contributed by atoms with Crippen LogP contribution in [0, 0.1) is 0 Å². The Kier molecular flexibility index (Phi) is 6.16. The Balaban J connectivity index is 0.00000144. The zero-order valence-corrected chi connectivity index (χ0v) is 9.81. The molecule has 1 heterocycles. The molecule has 0 amide bonds. The van der Waals surface area contributed by atoms with E-state index >= 15 is 0 Å². The molecule has 1 saturated heterocycles. The number of aliphatic hydroxyl groups excluding tert-OH is 3. The van der Waals surface area contributed by atoms with E-state index in [-0.39, 0.29) is 36.2 Å². The molecule has 0 aromatic carbocycles. The Labute approximate surface area is 99.5 Å². The number of hydrogen-bond acceptors (Lipinski definition) is 6. The third kappa shape index (κ3) is 3.22. The number of ether oxygens (including phenoxy) is 1. The van der Waals surface area contributed by atoms with E-state index in [9.17, 15) is 8.76 Å². The summed E-state index contributed by atoms with van der Waals surface area (Å²) in [4.78, 5) is 0. The average molecular weight is 220 g/mol. The molecule has 0 aromatic heterocycles. The van der Waals surface area contributed by atoms with Gasteiger partial charge < -0.3 is 24.6 Å². The molecule has 0 radical (unpaired) electrons. The maximum Gasteiger partial charge on any atom is 1.00 e. The van der Waals surface area contributed by atoms with Gasteiger partial charge in [-0.15, -0.1) is 0 Å². The van der Waals surface area contributed by atoms with Gasteiger partial charge in [0.05, 0.1) is 6.61 Å². The molecule has 0 bridgehead atoms. The zero-order valence-electron chi connectivity index (χ0n) is 6.99. The summed E-state index contributed by atoms with van der Waals surface area (Å²) in [6.45, 7) is -0.295. The minimum atomic E-state index is -2.61. The van der Waals surface area contributed by atoms with Gasteiger partial charge in [-0.2, -0.15) is 0 Å². The average Bonchev–Trinajstić information content (AvgIpc) is 2.00. The Bertz CT molecular complexity index is 190. The van der Waals surface area contributed by atoms with Crippen molar-refractivity contribution in [3.63, 3.8) is 0 Å². The molecule has 5 atom stereocenters. The topological polar surface area (TPSA) is 110 Å². The summed E-state index contributed by atoms with van der Waals surface area (Å²) < 4.78 is 25.2. The molecule has 0 aromatic rings. The van der Waals surface area contributed by atoms with Crippen LogP contribution in [0.25, 0.3) is 0 Å². The van der Waals surface area contributed by atoms with Crippen LogP contribution < -0.4 is 29.6 Å². The maximum atomic E-state index is 10.3. The first-order chi connectivity index (χ1) is 5.54. The number of aliphatic hydroxyl groups is 3. The van der Waals surface area contributed by atoms with Crippen molar-refractivity contribution in [2.24, 2.45) is 0 Å². The summed E-state index contributed by atoms with van der Waals surface area (Å²) in [6.07, 6.45) is -4.30. The van der Waals surface area contributed by atoms with E-state index in [0.717, 1.165) is 0 Å². The van der Waals surface area contributed by atoms with Crippen molar-refractivity contribution in [2.45, 2.75) is 23.7 Å². The van der Waals surface area contributed by atoms with E-state index < -0.39 is 34.8 Å². The molecule has 1 aliphatic heterocycles. The zero-order chi connectivity index (χ0) is 9.30. The third-order valence-electron chi connectivity index (χ3n) is 1.64. The normalized spacial score (nSPS) is 42.2. The van der Waals surface area contributed by atoms with Crippen molar-refractivity contribution in [1.29, 1.82) is 0 Å². The summed E-state index contributed by atoms with van der Waals surface area (Å²) in [5.74, 6) is 0. The van der Waals surface area contributed by atoms with Gasteiger partial charge in [0.15, 0.2) is 0 Å². The summed E-state index contributed by atoms with van der Waals surface area (Å²) in [5, 5.41) is 27.0. The number of hydrogen-bond donors (Lipinski definition) is 3. The predicted molar refractivity (Wildman–Crippen MR) is 36.7 cm³/mol. The molecule has 3 N–H and O–H groups in total. The molecule has 1 rings (SSSR count). The first-order valence-corrected chi connectivity index (χ1v) is 4.41. The molecule has 0 saturated carbocycles. The van der Waals surface area contributed by atoms with Gasteiger partial charge in [0.25, 0.3) is 0 Å². The molecule has 2 unspecified atom stereocenters.